The van der Waals surface area contributed by atoms with E-state index in [1.54, 1.807) is 12.1 Å². The molecule has 1 amide bonds. The smallest absolute Gasteiger partial charge is 0.253 e. The van der Waals surface area contributed by atoms with Crippen LogP contribution in [0.25, 0.3) is 0 Å². The Morgan fingerprint density at radius 3 is 2.48 bits per heavy atom. The first-order valence-corrected chi connectivity index (χ1v) is 7.08. The highest BCUT2D eigenvalue weighted by Crippen LogP contribution is 2.28. The lowest BCUT2D eigenvalue weighted by Gasteiger charge is -2.44. The minimum Gasteiger partial charge on any atom is -0.372 e. The molecule has 21 heavy (non-hydrogen) atoms. The fourth-order valence-corrected chi connectivity index (χ4v) is 2.92. The van der Waals surface area contributed by atoms with Crippen LogP contribution in [-0.4, -0.2) is 49.2 Å². The second kappa shape index (κ2) is 6.73. The number of hydrogen-bond donors (Lipinski definition) is 1. The number of nitrogens with one attached hydrogen (secondary N) is 1. The van der Waals surface area contributed by atoms with Gasteiger partial charge in [0.2, 0.25) is 0 Å². The second-order valence-electron chi connectivity index (χ2n) is 5.51. The van der Waals surface area contributed by atoms with Crippen LogP contribution in [0.5, 0.6) is 0 Å². The van der Waals surface area contributed by atoms with E-state index in [1.165, 1.54) is 12.1 Å². The first-order valence-electron chi connectivity index (χ1n) is 7.08. The summed E-state index contributed by atoms with van der Waals surface area (Å²) in [6.45, 7) is 3.90. The highest BCUT2D eigenvalue weighted by Gasteiger charge is 2.38. The van der Waals surface area contributed by atoms with Crippen molar-refractivity contribution in [3.05, 3.63) is 35.6 Å². The summed E-state index contributed by atoms with van der Waals surface area (Å²) in [5.41, 5.74) is 0.447. The van der Waals surface area contributed by atoms with E-state index in [1.807, 2.05) is 4.90 Å². The predicted molar refractivity (Wildman–Crippen MR) is 80.3 cm³/mol. The van der Waals surface area contributed by atoms with Gasteiger partial charge >= 0.3 is 0 Å². The van der Waals surface area contributed by atoms with E-state index >= 15 is 0 Å². The van der Waals surface area contributed by atoms with E-state index < -0.39 is 0 Å². The number of piperidine rings is 1. The number of carbonyl (C=O) groups excluding carboxylic acids is 1. The third-order valence-corrected chi connectivity index (χ3v) is 4.19. The normalized spacial score (nSPS) is 20.9. The molecule has 0 aliphatic carbocycles. The molecule has 1 aromatic carbocycles. The number of rotatable bonds is 1. The third kappa shape index (κ3) is 3.54. The Hall–Kier alpha value is -1.17. The molecule has 1 N–H and O–H groups in total. The van der Waals surface area contributed by atoms with Crippen LogP contribution in [0.15, 0.2) is 24.3 Å². The molecule has 6 heteroatoms. The van der Waals surface area contributed by atoms with Gasteiger partial charge in [0.15, 0.2) is 0 Å². The molecule has 0 aromatic heterocycles. The highest BCUT2D eigenvalue weighted by atomic mass is 35.5. The van der Waals surface area contributed by atoms with E-state index in [9.17, 15) is 9.18 Å². The Bertz CT molecular complexity index is 479. The highest BCUT2D eigenvalue weighted by molar-refractivity contribution is 5.94. The van der Waals surface area contributed by atoms with Crippen LogP contribution in [-0.2, 0) is 4.74 Å². The Balaban J connectivity index is 0.00000161. The number of nitrogens with zero attached hydrogens (tertiary/aromatic N) is 1. The molecule has 0 atom stereocenters. The van der Waals surface area contributed by atoms with E-state index in [-0.39, 0.29) is 29.7 Å². The molecule has 2 fully saturated rings. The quantitative estimate of drug-likeness (QED) is 0.860. The summed E-state index contributed by atoms with van der Waals surface area (Å²) in [5.74, 6) is -0.343. The van der Waals surface area contributed by atoms with Crippen LogP contribution in [0.4, 0.5) is 4.39 Å². The van der Waals surface area contributed by atoms with Crippen molar-refractivity contribution in [2.75, 3.05) is 32.8 Å². The number of ether oxygens (including phenoxy) is 1. The summed E-state index contributed by atoms with van der Waals surface area (Å²) < 4.78 is 18.8. The Morgan fingerprint density at radius 2 is 1.90 bits per heavy atom. The number of likely N-dealkylation sites (tertiary alicyclic amines) is 1. The fourth-order valence-electron chi connectivity index (χ4n) is 2.92. The summed E-state index contributed by atoms with van der Waals surface area (Å²) in [5, 5.41) is 3.36. The maximum atomic E-state index is 12.9. The molecular formula is C15H20ClFN2O2. The zero-order valence-corrected chi connectivity index (χ0v) is 12.6. The Kier molecular flexibility index (Phi) is 5.19. The maximum Gasteiger partial charge on any atom is 0.253 e. The SMILES string of the molecule is Cl.O=C(c1ccc(F)cc1)N1CCC2(CC1)CNCCO2. The topological polar surface area (TPSA) is 41.6 Å². The number of halogens is 2. The van der Waals surface area contributed by atoms with Gasteiger partial charge < -0.3 is 15.0 Å². The van der Waals surface area contributed by atoms with Gasteiger partial charge in [-0.15, -0.1) is 12.4 Å². The zero-order chi connectivity index (χ0) is 14.0. The van der Waals surface area contributed by atoms with Gasteiger partial charge in [0.1, 0.15) is 5.82 Å². The minimum atomic E-state index is -0.319. The molecule has 0 radical (unpaired) electrons. The largest absolute Gasteiger partial charge is 0.372 e. The maximum absolute atomic E-state index is 12.9. The van der Waals surface area contributed by atoms with Gasteiger partial charge in [-0.05, 0) is 37.1 Å². The molecule has 2 aliphatic rings. The average molecular weight is 315 g/mol. The van der Waals surface area contributed by atoms with Gasteiger partial charge in [0.25, 0.3) is 5.91 Å². The van der Waals surface area contributed by atoms with Crippen molar-refractivity contribution < 1.29 is 13.9 Å². The minimum absolute atomic E-state index is 0. The number of morpholine rings is 1. The second-order valence-corrected chi connectivity index (χ2v) is 5.51. The van der Waals surface area contributed by atoms with Gasteiger partial charge in [-0.25, -0.2) is 4.39 Å². The van der Waals surface area contributed by atoms with Crippen molar-refractivity contribution >= 4 is 18.3 Å². The predicted octanol–water partition coefficient (Wildman–Crippen LogP) is 1.84. The van der Waals surface area contributed by atoms with Crippen molar-refractivity contribution in [1.29, 1.82) is 0 Å². The van der Waals surface area contributed by atoms with Gasteiger partial charge in [-0.1, -0.05) is 0 Å². The van der Waals surface area contributed by atoms with Crippen LogP contribution in [0.2, 0.25) is 0 Å². The molecule has 116 valence electrons. The standard InChI is InChI=1S/C15H19FN2O2.ClH/c16-13-3-1-12(2-4-13)14(19)18-8-5-15(6-9-18)11-17-7-10-20-15;/h1-4,17H,5-11H2;1H. The monoisotopic (exact) mass is 314 g/mol. The third-order valence-electron chi connectivity index (χ3n) is 4.19. The zero-order valence-electron chi connectivity index (χ0n) is 11.8. The first kappa shape index (κ1) is 16.2. The van der Waals surface area contributed by atoms with Gasteiger partial charge in [-0.3, -0.25) is 4.79 Å². The molecule has 0 saturated carbocycles. The van der Waals surface area contributed by atoms with E-state index in [4.69, 9.17) is 4.74 Å². The lowest BCUT2D eigenvalue weighted by molar-refractivity contribution is -0.0954. The first-order chi connectivity index (χ1) is 9.69. The molecule has 2 heterocycles. The van der Waals surface area contributed by atoms with Crippen molar-refractivity contribution in [1.82, 2.24) is 10.2 Å². The van der Waals surface area contributed by atoms with E-state index in [0.29, 0.717) is 18.7 Å². The lowest BCUT2D eigenvalue weighted by Crippen LogP contribution is -2.56. The number of amides is 1. The van der Waals surface area contributed by atoms with Crippen LogP contribution in [0, 0.1) is 5.82 Å². The van der Waals surface area contributed by atoms with Gasteiger partial charge in [-0.2, -0.15) is 0 Å². The fraction of sp³-hybridized carbons (Fsp3) is 0.533. The van der Waals surface area contributed by atoms with Crippen LogP contribution < -0.4 is 5.32 Å². The van der Waals surface area contributed by atoms with Crippen molar-refractivity contribution in [2.24, 2.45) is 0 Å². The van der Waals surface area contributed by atoms with Gasteiger partial charge in [0, 0.05) is 31.7 Å². The van der Waals surface area contributed by atoms with Crippen LogP contribution in [0.1, 0.15) is 23.2 Å². The molecule has 1 spiro atoms. The van der Waals surface area contributed by atoms with Crippen LogP contribution in [0.3, 0.4) is 0 Å². The summed E-state index contributed by atoms with van der Waals surface area (Å²) in [6, 6.07) is 5.74. The summed E-state index contributed by atoms with van der Waals surface area (Å²) >= 11 is 0. The molecule has 0 unspecified atom stereocenters. The number of hydrogen-bond acceptors (Lipinski definition) is 3. The number of carbonyl (C=O) groups is 1. The molecule has 2 aliphatic heterocycles. The molecule has 1 aromatic rings. The average Bonchev–Trinajstić information content (AvgIpc) is 2.49. The Labute approximate surface area is 130 Å². The summed E-state index contributed by atoms with van der Waals surface area (Å²) in [4.78, 5) is 14.2. The number of benzene rings is 1. The molecule has 3 rings (SSSR count). The van der Waals surface area contributed by atoms with E-state index in [0.717, 1.165) is 32.5 Å². The Morgan fingerprint density at radius 1 is 1.24 bits per heavy atom. The molecule has 4 nitrogen and oxygen atoms in total. The summed E-state index contributed by atoms with van der Waals surface area (Å²) in [7, 11) is 0. The lowest BCUT2D eigenvalue weighted by atomic mass is 9.89. The van der Waals surface area contributed by atoms with Gasteiger partial charge in [0.05, 0.1) is 12.2 Å². The van der Waals surface area contributed by atoms with E-state index in [2.05, 4.69) is 5.32 Å². The summed E-state index contributed by atoms with van der Waals surface area (Å²) in [6.07, 6.45) is 1.71. The molecule has 2 saturated heterocycles. The van der Waals surface area contributed by atoms with Crippen LogP contribution >= 0.6 is 12.4 Å². The van der Waals surface area contributed by atoms with Crippen molar-refractivity contribution in [3.63, 3.8) is 0 Å². The van der Waals surface area contributed by atoms with Crippen molar-refractivity contribution in [3.8, 4) is 0 Å². The molecular weight excluding hydrogens is 295 g/mol. The van der Waals surface area contributed by atoms with Crippen molar-refractivity contribution in [2.45, 2.75) is 18.4 Å². The molecule has 0 bridgehead atoms.